The lowest BCUT2D eigenvalue weighted by Crippen LogP contribution is -2.60. The molecule has 1 heterocycles. The lowest BCUT2D eigenvalue weighted by atomic mass is 10.00. The van der Waals surface area contributed by atoms with Crippen LogP contribution in [0, 0.1) is 0 Å². The molecule has 0 amide bonds. The monoisotopic (exact) mass is 796 g/mol. The molecule has 4 N–H and O–H groups in total. The number of carbonyl (C=O) groups is 2. The molecule has 13 heteroatoms. The SMILES string of the molecule is CC/C=C\C/C=C\C/C=C\C/C=C\C/C=C\CCCC(=O)OC(COC(=O)CCCCCCC/C=C\CCC)COC1OC(CS(=O)(=O)O)C(O)C(O)C1O. The third kappa shape index (κ3) is 27.4. The Morgan fingerprint density at radius 3 is 1.78 bits per heavy atom. The Labute approximate surface area is 329 Å². The molecular weight excluding hydrogens is 729 g/mol. The normalized spacial score (nSPS) is 21.6. The molecule has 0 bridgehead atoms. The van der Waals surface area contributed by atoms with Crippen molar-refractivity contribution in [3.63, 3.8) is 0 Å². The fourth-order valence-corrected chi connectivity index (χ4v) is 6.11. The Hall–Kier alpha value is -2.91. The molecule has 0 aliphatic carbocycles. The fourth-order valence-electron chi connectivity index (χ4n) is 5.42. The average Bonchev–Trinajstić information content (AvgIpc) is 3.14. The fraction of sp³-hybridized carbons (Fsp3) is 0.667. The summed E-state index contributed by atoms with van der Waals surface area (Å²) in [4.78, 5) is 25.2. The van der Waals surface area contributed by atoms with Gasteiger partial charge in [-0.25, -0.2) is 0 Å². The maximum Gasteiger partial charge on any atom is 0.306 e. The molecule has 0 aromatic heterocycles. The Bertz CT molecular complexity index is 1300. The number of allylic oxidation sites excluding steroid dienone is 12. The topological polar surface area (TPSA) is 186 Å². The quantitative estimate of drug-likeness (QED) is 0.0240. The number of ether oxygens (including phenoxy) is 4. The van der Waals surface area contributed by atoms with Gasteiger partial charge in [0.05, 0.1) is 6.61 Å². The molecule has 1 rings (SSSR count). The first-order chi connectivity index (χ1) is 26.5. The molecule has 1 aliphatic rings. The van der Waals surface area contributed by atoms with E-state index in [0.717, 1.165) is 77.0 Å². The van der Waals surface area contributed by atoms with Crippen LogP contribution in [0.4, 0.5) is 0 Å². The van der Waals surface area contributed by atoms with Crippen molar-refractivity contribution in [2.45, 2.75) is 160 Å². The van der Waals surface area contributed by atoms with E-state index in [1.54, 1.807) is 0 Å². The van der Waals surface area contributed by atoms with Gasteiger partial charge in [0.2, 0.25) is 0 Å². The van der Waals surface area contributed by atoms with E-state index in [1.807, 2.05) is 12.2 Å². The number of hydrogen-bond acceptors (Lipinski definition) is 11. The Kier molecular flexibility index (Phi) is 29.3. The summed E-state index contributed by atoms with van der Waals surface area (Å²) in [6, 6.07) is 0. The van der Waals surface area contributed by atoms with Crippen molar-refractivity contribution in [1.82, 2.24) is 0 Å². The number of aliphatic hydroxyl groups is 3. The highest BCUT2D eigenvalue weighted by Gasteiger charge is 2.46. The van der Waals surface area contributed by atoms with E-state index in [2.05, 4.69) is 74.6 Å². The number of unbranched alkanes of at least 4 members (excludes halogenated alkanes) is 7. The number of esters is 2. The summed E-state index contributed by atoms with van der Waals surface area (Å²) in [6.07, 6.45) is 29.7. The zero-order valence-electron chi connectivity index (χ0n) is 33.0. The van der Waals surface area contributed by atoms with Crippen molar-refractivity contribution in [3.05, 3.63) is 72.9 Å². The van der Waals surface area contributed by atoms with Crippen LogP contribution in [-0.4, -0.2) is 96.0 Å². The van der Waals surface area contributed by atoms with E-state index in [1.165, 1.54) is 0 Å². The second-order valence-electron chi connectivity index (χ2n) is 13.6. The third-order valence-electron chi connectivity index (χ3n) is 8.50. The zero-order chi connectivity index (χ0) is 40.6. The van der Waals surface area contributed by atoms with Crippen molar-refractivity contribution in [2.24, 2.45) is 0 Å². The molecular formula is C42H68O12S. The minimum Gasteiger partial charge on any atom is -0.462 e. The van der Waals surface area contributed by atoms with E-state index >= 15 is 0 Å². The highest BCUT2D eigenvalue weighted by molar-refractivity contribution is 7.85. The Morgan fingerprint density at radius 2 is 1.16 bits per heavy atom. The molecule has 1 fully saturated rings. The maximum atomic E-state index is 12.7. The second-order valence-corrected chi connectivity index (χ2v) is 15.1. The van der Waals surface area contributed by atoms with Crippen LogP contribution in [0.3, 0.4) is 0 Å². The van der Waals surface area contributed by atoms with Gasteiger partial charge in [0.25, 0.3) is 10.1 Å². The second kappa shape index (κ2) is 32.2. The molecule has 0 radical (unpaired) electrons. The number of rotatable bonds is 31. The van der Waals surface area contributed by atoms with Gasteiger partial charge >= 0.3 is 11.9 Å². The summed E-state index contributed by atoms with van der Waals surface area (Å²) in [5, 5.41) is 30.8. The van der Waals surface area contributed by atoms with Gasteiger partial charge in [-0.2, -0.15) is 8.42 Å². The van der Waals surface area contributed by atoms with Crippen molar-refractivity contribution >= 4 is 22.1 Å². The van der Waals surface area contributed by atoms with Crippen molar-refractivity contribution < 1.29 is 56.8 Å². The lowest BCUT2D eigenvalue weighted by Gasteiger charge is -2.40. The Morgan fingerprint density at radius 1 is 0.636 bits per heavy atom. The summed E-state index contributed by atoms with van der Waals surface area (Å²) in [6.45, 7) is 3.49. The molecule has 1 aliphatic heterocycles. The van der Waals surface area contributed by atoms with E-state index < -0.39 is 71.2 Å². The minimum atomic E-state index is -4.61. The van der Waals surface area contributed by atoms with Crippen LogP contribution >= 0.6 is 0 Å². The van der Waals surface area contributed by atoms with Crippen LogP contribution in [0.1, 0.15) is 123 Å². The summed E-state index contributed by atoms with van der Waals surface area (Å²) >= 11 is 0. The van der Waals surface area contributed by atoms with Gasteiger partial charge < -0.3 is 34.3 Å². The molecule has 6 unspecified atom stereocenters. The van der Waals surface area contributed by atoms with Gasteiger partial charge in [-0.1, -0.05) is 112 Å². The smallest absolute Gasteiger partial charge is 0.306 e. The lowest BCUT2D eigenvalue weighted by molar-refractivity contribution is -0.297. The van der Waals surface area contributed by atoms with Gasteiger partial charge in [0, 0.05) is 12.8 Å². The summed E-state index contributed by atoms with van der Waals surface area (Å²) in [5.74, 6) is -2.09. The van der Waals surface area contributed by atoms with Crippen molar-refractivity contribution in [3.8, 4) is 0 Å². The van der Waals surface area contributed by atoms with Gasteiger partial charge in [-0.15, -0.1) is 0 Å². The van der Waals surface area contributed by atoms with Gasteiger partial charge in [-0.05, 0) is 70.6 Å². The van der Waals surface area contributed by atoms with Crippen LogP contribution in [0.5, 0.6) is 0 Å². The standard InChI is InChI=1S/C42H68O12S/c1-3-5-7-9-11-13-15-16-17-18-19-20-21-23-25-27-29-31-38(44)53-35(32-51-37(43)30-28-26-24-22-14-12-10-8-6-4-2)33-52-42-41(47)40(46)39(45)36(54-42)34-55(48,49)50/h5,7-8,10-11,13,16-17,19-20,23,25,35-36,39-42,45-47H,3-4,6,9,12,14-15,18,21-22,24,26-34H2,1-2H3,(H,48,49,50)/b7-5-,10-8-,13-11-,17-16-,20-19-,25-23-. The molecule has 0 aromatic rings. The van der Waals surface area contributed by atoms with E-state index in [0.29, 0.717) is 19.3 Å². The molecule has 55 heavy (non-hydrogen) atoms. The molecule has 314 valence electrons. The molecule has 0 saturated carbocycles. The van der Waals surface area contributed by atoms with Crippen LogP contribution < -0.4 is 0 Å². The number of carbonyl (C=O) groups excluding carboxylic acids is 2. The highest BCUT2D eigenvalue weighted by atomic mass is 32.2. The van der Waals surface area contributed by atoms with Gasteiger partial charge in [-0.3, -0.25) is 14.1 Å². The van der Waals surface area contributed by atoms with Crippen LogP contribution in [0.2, 0.25) is 0 Å². The number of aliphatic hydroxyl groups excluding tert-OH is 3. The predicted octanol–water partition coefficient (Wildman–Crippen LogP) is 7.16. The van der Waals surface area contributed by atoms with E-state index in [-0.39, 0.29) is 19.4 Å². The molecule has 0 spiro atoms. The molecule has 0 aromatic carbocycles. The summed E-state index contributed by atoms with van der Waals surface area (Å²) in [5.41, 5.74) is 0. The van der Waals surface area contributed by atoms with Crippen molar-refractivity contribution in [2.75, 3.05) is 19.0 Å². The van der Waals surface area contributed by atoms with Crippen LogP contribution in [0.15, 0.2) is 72.9 Å². The third-order valence-corrected chi connectivity index (χ3v) is 9.25. The van der Waals surface area contributed by atoms with Gasteiger partial charge in [0.15, 0.2) is 12.4 Å². The van der Waals surface area contributed by atoms with Crippen molar-refractivity contribution in [1.29, 1.82) is 0 Å². The average molecular weight is 797 g/mol. The first-order valence-corrected chi connectivity index (χ1v) is 21.6. The highest BCUT2D eigenvalue weighted by Crippen LogP contribution is 2.23. The minimum absolute atomic E-state index is 0.0804. The first kappa shape index (κ1) is 50.1. The van der Waals surface area contributed by atoms with Gasteiger partial charge in [0.1, 0.15) is 36.8 Å². The Balaban J connectivity index is 2.56. The van der Waals surface area contributed by atoms with E-state index in [9.17, 15) is 37.9 Å². The van der Waals surface area contributed by atoms with E-state index in [4.69, 9.17) is 18.9 Å². The zero-order valence-corrected chi connectivity index (χ0v) is 33.8. The predicted molar refractivity (Wildman–Crippen MR) is 215 cm³/mol. The largest absolute Gasteiger partial charge is 0.462 e. The number of hydrogen-bond donors (Lipinski definition) is 4. The van der Waals surface area contributed by atoms with Crippen LogP contribution in [-0.2, 0) is 38.7 Å². The molecule has 12 nitrogen and oxygen atoms in total. The summed E-state index contributed by atoms with van der Waals surface area (Å²) < 4.78 is 53.8. The molecule has 6 atom stereocenters. The molecule has 1 saturated heterocycles. The van der Waals surface area contributed by atoms with Crippen LogP contribution in [0.25, 0.3) is 0 Å². The summed E-state index contributed by atoms with van der Waals surface area (Å²) in [7, 11) is -4.61. The first-order valence-electron chi connectivity index (χ1n) is 20.0. The maximum absolute atomic E-state index is 12.7.